The third-order valence-electron chi connectivity index (χ3n) is 12.0. The van der Waals surface area contributed by atoms with Crippen LogP contribution in [0.15, 0.2) is 34.9 Å². The van der Waals surface area contributed by atoms with Crippen molar-refractivity contribution in [2.75, 3.05) is 57.0 Å². The van der Waals surface area contributed by atoms with E-state index in [0.717, 1.165) is 36.1 Å². The fraction of sp³-hybridized carbons (Fsp3) is 0.559. The predicted molar refractivity (Wildman–Crippen MR) is 255 cm³/mol. The quantitative estimate of drug-likeness (QED) is 0.0254. The van der Waals surface area contributed by atoms with E-state index >= 15 is 0 Å². The number of thioether (sulfide) groups is 1. The number of imidazole rings is 3. The molecule has 77 heavy (non-hydrogen) atoms. The van der Waals surface area contributed by atoms with Gasteiger partial charge >= 0.3 is 36.9 Å². The number of nitrogens with two attached hydrogens (primary N) is 2. The number of phosphoric acid groups is 4. The van der Waals surface area contributed by atoms with Crippen LogP contribution in [0.3, 0.4) is 0 Å². The van der Waals surface area contributed by atoms with Crippen LogP contribution in [0, 0.1) is 0 Å². The maximum absolute atomic E-state index is 13.7. The molecule has 0 aromatic carbocycles. The van der Waals surface area contributed by atoms with Gasteiger partial charge in [-0.3, -0.25) is 51.4 Å². The van der Waals surface area contributed by atoms with Crippen molar-refractivity contribution < 1.29 is 103 Å². The summed E-state index contributed by atoms with van der Waals surface area (Å²) < 4.78 is 111. The summed E-state index contributed by atoms with van der Waals surface area (Å²) in [5, 5.41) is 34.9. The highest BCUT2D eigenvalue weighted by molar-refractivity contribution is 7.99. The summed E-state index contributed by atoms with van der Waals surface area (Å²) in [6, 6.07) is 0. The maximum atomic E-state index is 13.7. The second kappa shape index (κ2) is 21.7. The number of aliphatic hydroxyl groups excluding tert-OH is 3. The second-order valence-corrected chi connectivity index (χ2v) is 23.9. The monoisotopic (exact) mass is 1190 g/mol. The van der Waals surface area contributed by atoms with Crippen molar-refractivity contribution in [1.82, 2.24) is 53.6 Å². The van der Waals surface area contributed by atoms with Gasteiger partial charge in [0.15, 0.2) is 41.4 Å². The van der Waals surface area contributed by atoms with E-state index in [-0.39, 0.29) is 51.2 Å². The Hall–Kier alpha value is -4.76. The molecule has 0 saturated carbocycles. The number of aromatic nitrogens is 12. The molecule has 6 aromatic rings. The molecule has 14 N–H and O–H groups in total. The van der Waals surface area contributed by atoms with Crippen LogP contribution >= 0.6 is 43.1 Å². The molecule has 3 aliphatic heterocycles. The Morgan fingerprint density at radius 3 is 2.00 bits per heavy atom. The van der Waals surface area contributed by atoms with Crippen LogP contribution in [0.4, 0.5) is 17.7 Å². The molecule has 422 valence electrons. The number of phosphoric ester groups is 3. The normalized spacial score (nSPS) is 30.0. The third kappa shape index (κ3) is 11.5. The minimum Gasteiger partial charge on any atom is -0.387 e. The minimum absolute atomic E-state index is 0.00912. The first-order valence-corrected chi connectivity index (χ1v) is 29.3. The number of aryl methyl sites for hydroxylation is 1. The molecule has 0 spiro atoms. The summed E-state index contributed by atoms with van der Waals surface area (Å²) >= 11 is 1.04. The highest BCUT2D eigenvalue weighted by Gasteiger charge is 2.54. The first-order chi connectivity index (χ1) is 36.2. The van der Waals surface area contributed by atoms with Crippen molar-refractivity contribution >= 4 is 94.3 Å². The van der Waals surface area contributed by atoms with E-state index in [2.05, 4.69) is 53.8 Å². The third-order valence-corrected chi connectivity index (χ3v) is 18.4. The minimum atomic E-state index is -6.15. The fourth-order valence-electron chi connectivity index (χ4n) is 8.73. The zero-order chi connectivity index (χ0) is 55.7. The zero-order valence-electron chi connectivity index (χ0n) is 39.8. The molecule has 9 rings (SSSR count). The smallest absolute Gasteiger partial charge is 0.387 e. The fourth-order valence-corrected chi connectivity index (χ4v) is 14.1. The van der Waals surface area contributed by atoms with E-state index in [1.807, 2.05) is 0 Å². The number of anilines is 3. The lowest BCUT2D eigenvalue weighted by Gasteiger charge is -2.26. The van der Waals surface area contributed by atoms with Crippen molar-refractivity contribution in [3.63, 3.8) is 0 Å². The molecule has 0 bridgehead atoms. The lowest BCUT2D eigenvalue weighted by Crippen LogP contribution is -2.45. The van der Waals surface area contributed by atoms with Crippen LogP contribution in [-0.2, 0) is 71.0 Å². The maximum Gasteiger partial charge on any atom is 0.490 e. The average molecular weight is 1190 g/mol. The van der Waals surface area contributed by atoms with Gasteiger partial charge in [0.2, 0.25) is 17.7 Å². The van der Waals surface area contributed by atoms with Crippen LogP contribution < -0.4 is 32.5 Å². The molecule has 6 aromatic heterocycles. The molecule has 3 aliphatic rings. The number of ether oxygens (including phenoxy) is 4. The zero-order valence-corrected chi connectivity index (χ0v) is 44.2. The highest BCUT2D eigenvalue weighted by Crippen LogP contribution is 2.68. The number of aromatic amines is 2. The number of nitrogens with one attached hydrogen (secondary N) is 3. The lowest BCUT2D eigenvalue weighted by atomic mass is 10.1. The van der Waals surface area contributed by atoms with Crippen molar-refractivity contribution in [2.45, 2.75) is 72.8 Å². The number of hydrogen-bond donors (Lipinski definition) is 12. The van der Waals surface area contributed by atoms with Crippen LogP contribution in [0.25, 0.3) is 33.5 Å². The molecule has 7 unspecified atom stereocenters. The van der Waals surface area contributed by atoms with Crippen LogP contribution in [0.2, 0.25) is 0 Å². The number of fused-ring (bicyclic) bond motifs is 3. The van der Waals surface area contributed by atoms with Gasteiger partial charge in [0.25, 0.3) is 17.1 Å². The molecule has 0 aliphatic carbocycles. The van der Waals surface area contributed by atoms with Gasteiger partial charge < -0.3 is 70.6 Å². The second-order valence-electron chi connectivity index (χ2n) is 16.9. The van der Waals surface area contributed by atoms with Gasteiger partial charge in [0.05, 0.1) is 44.8 Å². The van der Waals surface area contributed by atoms with Crippen molar-refractivity contribution in [3.05, 3.63) is 46.0 Å². The van der Waals surface area contributed by atoms with E-state index in [1.54, 1.807) is 13.3 Å². The standard InChI is InChI=1S/C34H47N15O23P4S/c1-37-24-15-25(39-8-38-24)47(9-40-15)32-22(63-3)21(70-73(55,56)64-5-12-18(50)19(51)30(67-12)48-10-41-16-26(48)42-33(35)44-28(16)53)13(68-32)6-65-74(57,58)71-76(61,62)72-75(59,60)66-7-14-23(77-4)20(52)31(69-14)49-11-46(2)17-27(49)43-34(36)45-29(17)54/h8-14,18-23,30-32,50-52H,5-7H2,1-4H3,(H10-,35,36,37,38,39,42,43,44,45,53,54,55,56,57,58,59,60,61,62)/p+1/t12-,13-,14-,18+,19?,20+,21+,22?,23?,30-,31-,32-/m1/s1. The van der Waals surface area contributed by atoms with Gasteiger partial charge in [-0.2, -0.15) is 25.4 Å². The molecular weight excluding hydrogens is 1140 g/mol. The Morgan fingerprint density at radius 1 is 0.740 bits per heavy atom. The van der Waals surface area contributed by atoms with Gasteiger partial charge in [0.1, 0.15) is 60.7 Å². The molecule has 0 radical (unpaired) electrons. The van der Waals surface area contributed by atoms with E-state index in [4.69, 9.17) is 48.5 Å². The summed E-state index contributed by atoms with van der Waals surface area (Å²) in [6.45, 7) is -3.10. The molecule has 3 saturated heterocycles. The summed E-state index contributed by atoms with van der Waals surface area (Å²) in [4.78, 5) is 96.9. The Balaban J connectivity index is 0.872. The van der Waals surface area contributed by atoms with Crippen molar-refractivity contribution in [3.8, 4) is 0 Å². The van der Waals surface area contributed by atoms with Crippen LogP contribution in [-0.4, -0.2) is 183 Å². The van der Waals surface area contributed by atoms with Crippen LogP contribution in [0.5, 0.6) is 0 Å². The number of nitrogens with zero attached hydrogens (tertiary/aromatic N) is 10. The van der Waals surface area contributed by atoms with Gasteiger partial charge in [-0.1, -0.05) is 4.98 Å². The van der Waals surface area contributed by atoms with E-state index < -0.39 is 135 Å². The Morgan fingerprint density at radius 2 is 1.34 bits per heavy atom. The Kier molecular flexibility index (Phi) is 16.1. The molecule has 43 heteroatoms. The number of methoxy groups -OCH3 is 1. The molecule has 3 fully saturated rings. The number of nitrogen functional groups attached to an aromatic ring is 2. The molecule has 0 amide bonds. The summed E-state index contributed by atoms with van der Waals surface area (Å²) in [6.07, 6.45) is -10.8. The Bertz CT molecular complexity index is 3510. The first kappa shape index (κ1) is 56.9. The summed E-state index contributed by atoms with van der Waals surface area (Å²) in [7, 11) is -19.1. The highest BCUT2D eigenvalue weighted by atomic mass is 32.2. The molecule has 16 atom stereocenters. The van der Waals surface area contributed by atoms with Gasteiger partial charge in [-0.25, -0.2) is 42.8 Å². The number of hydrogen-bond acceptors (Lipinski definition) is 29. The van der Waals surface area contributed by atoms with Gasteiger partial charge in [0, 0.05) is 14.2 Å². The lowest BCUT2D eigenvalue weighted by molar-refractivity contribution is -0.745. The molecule has 38 nitrogen and oxygen atoms in total. The SMILES string of the molecule is CNc1ncnc2c1ncn2[C@@H]1O[C@H](COP(=O)(O)OP(=O)(O)OP(=O)(O)OC[C@H]2O[C@@H]([n+]3cn(C)c4c(=O)[nH]c(N)nc43)[C@@H](O)C2SC)[C@H](OP(=O)(O)OC[C@H]2O[C@@H](n3cnc4c(=O)[nH]c(N)nc43)C(O)[C@H]2O)C1OC. The summed E-state index contributed by atoms with van der Waals surface area (Å²) in [5.74, 6) is -0.295. The number of H-pyrrole nitrogens is 2. The first-order valence-electron chi connectivity index (χ1n) is 22.0. The molecule has 9 heterocycles. The van der Waals surface area contributed by atoms with Gasteiger partial charge in [-0.05, 0) is 6.26 Å². The van der Waals surface area contributed by atoms with Crippen LogP contribution in [0.1, 0.15) is 18.7 Å². The topological polar surface area (TPSA) is 528 Å². The van der Waals surface area contributed by atoms with Crippen molar-refractivity contribution in [1.29, 1.82) is 0 Å². The number of aliphatic hydroxyl groups is 3. The van der Waals surface area contributed by atoms with E-state index in [0.29, 0.717) is 0 Å². The summed E-state index contributed by atoms with van der Waals surface area (Å²) in [5.41, 5.74) is 10.1. The number of rotatable bonds is 21. The predicted octanol–water partition coefficient (Wildman–Crippen LogP) is -2.88. The van der Waals surface area contributed by atoms with E-state index in [1.165, 1.54) is 33.4 Å². The van der Waals surface area contributed by atoms with E-state index in [9.17, 15) is 62.7 Å². The largest absolute Gasteiger partial charge is 0.490 e. The molecular formula is C34H48N15O23P4S+. The average Bonchev–Trinajstić information content (AvgIpc) is 4.21. The van der Waals surface area contributed by atoms with Gasteiger partial charge in [-0.15, -0.1) is 0 Å². The van der Waals surface area contributed by atoms with Crippen molar-refractivity contribution in [2.24, 2.45) is 7.05 Å². The Labute approximate surface area is 433 Å².